The van der Waals surface area contributed by atoms with Crippen LogP contribution in [0.5, 0.6) is 0 Å². The number of rotatable bonds is 6. The lowest BCUT2D eigenvalue weighted by atomic mass is 10.0. The molecule has 0 aromatic carbocycles. The van der Waals surface area contributed by atoms with Gasteiger partial charge in [-0.05, 0) is 34.5 Å². The van der Waals surface area contributed by atoms with Crippen molar-refractivity contribution in [2.45, 2.75) is 26.3 Å². The Bertz CT molecular complexity index is 183. The molecule has 0 saturated carbocycles. The summed E-state index contributed by atoms with van der Waals surface area (Å²) in [5.74, 6) is -0.185. The Morgan fingerprint density at radius 3 is 2.36 bits per heavy atom. The van der Waals surface area contributed by atoms with Crippen molar-refractivity contribution in [3.63, 3.8) is 0 Å². The maximum Gasteiger partial charge on any atom is 0.327 e. The number of hydrogen-bond donors (Lipinski definition) is 1. The summed E-state index contributed by atoms with van der Waals surface area (Å²) in [6, 6.07) is 0. The molecule has 0 aliphatic rings. The van der Waals surface area contributed by atoms with Gasteiger partial charge in [0.25, 0.3) is 0 Å². The fourth-order valence-corrected chi connectivity index (χ4v) is 1.51. The zero-order valence-corrected chi connectivity index (χ0v) is 9.89. The molecule has 1 unspecified atom stereocenters. The highest BCUT2D eigenvalue weighted by molar-refractivity contribution is 5.80. The lowest BCUT2D eigenvalue weighted by Crippen LogP contribution is -2.56. The van der Waals surface area contributed by atoms with Crippen LogP contribution in [0.15, 0.2) is 0 Å². The zero-order chi connectivity index (χ0) is 11.2. The summed E-state index contributed by atoms with van der Waals surface area (Å²) in [4.78, 5) is 13.7. The third-order valence-corrected chi connectivity index (χ3v) is 1.93. The van der Waals surface area contributed by atoms with Crippen LogP contribution in [-0.4, -0.2) is 50.2 Å². The summed E-state index contributed by atoms with van der Waals surface area (Å²) >= 11 is 0. The molecule has 0 saturated heterocycles. The summed E-state index contributed by atoms with van der Waals surface area (Å²) in [6.07, 6.45) is 0. The fourth-order valence-electron chi connectivity index (χ4n) is 1.51. The SMILES string of the molecule is CCNC(C)(CN(C)C)C(=O)OCC. The highest BCUT2D eigenvalue weighted by Gasteiger charge is 2.34. The molecule has 0 aliphatic carbocycles. The predicted molar refractivity (Wildman–Crippen MR) is 57.3 cm³/mol. The van der Waals surface area contributed by atoms with E-state index in [1.165, 1.54) is 0 Å². The summed E-state index contributed by atoms with van der Waals surface area (Å²) in [5, 5.41) is 3.16. The Balaban J connectivity index is 4.43. The van der Waals surface area contributed by atoms with E-state index in [1.54, 1.807) is 0 Å². The largest absolute Gasteiger partial charge is 0.465 e. The van der Waals surface area contributed by atoms with Crippen LogP contribution in [0.4, 0.5) is 0 Å². The predicted octanol–water partition coefficient (Wildman–Crippen LogP) is 0.479. The van der Waals surface area contributed by atoms with Crippen molar-refractivity contribution in [3.05, 3.63) is 0 Å². The molecule has 0 fully saturated rings. The Labute approximate surface area is 86.6 Å². The normalized spacial score (nSPS) is 15.3. The smallest absolute Gasteiger partial charge is 0.327 e. The minimum atomic E-state index is -0.603. The summed E-state index contributed by atoms with van der Waals surface area (Å²) in [6.45, 7) is 7.48. The second-order valence-corrected chi connectivity index (χ2v) is 3.82. The standard InChI is InChI=1S/C10H22N2O2/c1-6-11-10(3,8-12(4)5)9(13)14-7-2/h11H,6-8H2,1-5H3. The minimum Gasteiger partial charge on any atom is -0.465 e. The van der Waals surface area contributed by atoms with E-state index in [2.05, 4.69) is 5.32 Å². The molecule has 84 valence electrons. The molecular weight excluding hydrogens is 180 g/mol. The molecule has 1 atom stereocenters. The van der Waals surface area contributed by atoms with Gasteiger partial charge in [0.15, 0.2) is 0 Å². The molecule has 4 heteroatoms. The second-order valence-electron chi connectivity index (χ2n) is 3.82. The number of nitrogens with zero attached hydrogens (tertiary/aromatic N) is 1. The van der Waals surface area contributed by atoms with E-state index in [0.29, 0.717) is 13.2 Å². The Kier molecular flexibility index (Phi) is 5.72. The molecule has 0 rings (SSSR count). The summed E-state index contributed by atoms with van der Waals surface area (Å²) in [7, 11) is 3.88. The van der Waals surface area contributed by atoms with Gasteiger partial charge in [-0.1, -0.05) is 6.92 Å². The van der Waals surface area contributed by atoms with E-state index in [9.17, 15) is 4.79 Å². The van der Waals surface area contributed by atoms with Crippen LogP contribution in [0.1, 0.15) is 20.8 Å². The molecule has 0 radical (unpaired) electrons. The van der Waals surface area contributed by atoms with Gasteiger partial charge in [-0.25, -0.2) is 0 Å². The van der Waals surface area contributed by atoms with Gasteiger partial charge in [-0.15, -0.1) is 0 Å². The maximum atomic E-state index is 11.7. The van der Waals surface area contributed by atoms with Gasteiger partial charge in [-0.3, -0.25) is 4.79 Å². The van der Waals surface area contributed by atoms with Crippen LogP contribution in [0.2, 0.25) is 0 Å². The van der Waals surface area contributed by atoms with Gasteiger partial charge >= 0.3 is 5.97 Å². The van der Waals surface area contributed by atoms with Crippen molar-refractivity contribution in [2.75, 3.05) is 33.8 Å². The average Bonchev–Trinajstić information content (AvgIpc) is 2.03. The number of ether oxygens (including phenoxy) is 1. The number of carbonyl (C=O) groups excluding carboxylic acids is 1. The van der Waals surface area contributed by atoms with E-state index in [1.807, 2.05) is 39.8 Å². The third kappa shape index (κ3) is 4.07. The van der Waals surface area contributed by atoms with Crippen LogP contribution in [-0.2, 0) is 9.53 Å². The fraction of sp³-hybridized carbons (Fsp3) is 0.900. The first kappa shape index (κ1) is 13.4. The number of likely N-dealkylation sites (N-methyl/N-ethyl adjacent to an activating group) is 2. The highest BCUT2D eigenvalue weighted by Crippen LogP contribution is 2.07. The maximum absolute atomic E-state index is 11.7. The topological polar surface area (TPSA) is 41.6 Å². The minimum absolute atomic E-state index is 0.185. The first-order valence-corrected chi connectivity index (χ1v) is 5.03. The van der Waals surface area contributed by atoms with Gasteiger partial charge in [-0.2, -0.15) is 0 Å². The molecule has 0 heterocycles. The van der Waals surface area contributed by atoms with Crippen LogP contribution >= 0.6 is 0 Å². The third-order valence-electron chi connectivity index (χ3n) is 1.93. The molecule has 4 nitrogen and oxygen atoms in total. The zero-order valence-electron chi connectivity index (χ0n) is 9.89. The van der Waals surface area contributed by atoms with Gasteiger partial charge < -0.3 is 15.0 Å². The van der Waals surface area contributed by atoms with Gasteiger partial charge in [0.2, 0.25) is 0 Å². The molecule has 0 spiro atoms. The van der Waals surface area contributed by atoms with E-state index >= 15 is 0 Å². The Hall–Kier alpha value is -0.610. The summed E-state index contributed by atoms with van der Waals surface area (Å²) in [5.41, 5.74) is -0.603. The van der Waals surface area contributed by atoms with Crippen molar-refractivity contribution in [3.8, 4) is 0 Å². The number of hydrogen-bond acceptors (Lipinski definition) is 4. The average molecular weight is 202 g/mol. The van der Waals surface area contributed by atoms with E-state index in [4.69, 9.17) is 4.74 Å². The Morgan fingerprint density at radius 1 is 1.43 bits per heavy atom. The molecular formula is C10H22N2O2. The number of esters is 1. The van der Waals surface area contributed by atoms with Crippen LogP contribution in [0.3, 0.4) is 0 Å². The van der Waals surface area contributed by atoms with Crippen molar-refractivity contribution in [2.24, 2.45) is 0 Å². The first-order valence-electron chi connectivity index (χ1n) is 5.03. The van der Waals surface area contributed by atoms with E-state index in [0.717, 1.165) is 6.54 Å². The molecule has 0 aromatic rings. The monoisotopic (exact) mass is 202 g/mol. The summed E-state index contributed by atoms with van der Waals surface area (Å²) < 4.78 is 5.03. The molecule has 1 N–H and O–H groups in total. The van der Waals surface area contributed by atoms with Crippen LogP contribution in [0.25, 0.3) is 0 Å². The van der Waals surface area contributed by atoms with Crippen molar-refractivity contribution < 1.29 is 9.53 Å². The first-order chi connectivity index (χ1) is 6.46. The second kappa shape index (κ2) is 5.98. The van der Waals surface area contributed by atoms with Gasteiger partial charge in [0.05, 0.1) is 6.61 Å². The van der Waals surface area contributed by atoms with Crippen molar-refractivity contribution in [1.82, 2.24) is 10.2 Å². The number of nitrogens with one attached hydrogen (secondary N) is 1. The van der Waals surface area contributed by atoms with Crippen LogP contribution < -0.4 is 5.32 Å². The molecule has 0 aliphatic heterocycles. The lowest BCUT2D eigenvalue weighted by molar-refractivity contribution is -0.151. The van der Waals surface area contributed by atoms with Crippen LogP contribution in [0, 0.1) is 0 Å². The highest BCUT2D eigenvalue weighted by atomic mass is 16.5. The van der Waals surface area contributed by atoms with Gasteiger partial charge in [0, 0.05) is 6.54 Å². The van der Waals surface area contributed by atoms with E-state index in [-0.39, 0.29) is 5.97 Å². The number of carbonyl (C=O) groups is 1. The van der Waals surface area contributed by atoms with Crippen molar-refractivity contribution >= 4 is 5.97 Å². The lowest BCUT2D eigenvalue weighted by Gasteiger charge is -2.30. The van der Waals surface area contributed by atoms with E-state index < -0.39 is 5.54 Å². The molecule has 14 heavy (non-hydrogen) atoms. The molecule has 0 bridgehead atoms. The van der Waals surface area contributed by atoms with Crippen molar-refractivity contribution in [1.29, 1.82) is 0 Å². The quantitative estimate of drug-likeness (QED) is 0.636. The Morgan fingerprint density at radius 2 is 2.00 bits per heavy atom. The molecule has 0 amide bonds. The van der Waals surface area contributed by atoms with Gasteiger partial charge in [0.1, 0.15) is 5.54 Å². The molecule has 0 aromatic heterocycles.